The molecule has 1 fully saturated rings. The highest BCUT2D eigenvalue weighted by molar-refractivity contribution is 5.80. The van der Waals surface area contributed by atoms with E-state index in [0.717, 1.165) is 32.0 Å². The number of carbonyl (C=O) groups is 1. The average Bonchev–Trinajstić information content (AvgIpc) is 2.87. The lowest BCUT2D eigenvalue weighted by atomic mass is 9.95. The summed E-state index contributed by atoms with van der Waals surface area (Å²) in [4.78, 5) is 14.7. The van der Waals surface area contributed by atoms with Gasteiger partial charge in [0.05, 0.1) is 6.61 Å². The third-order valence-electron chi connectivity index (χ3n) is 4.39. The number of esters is 1. The topological polar surface area (TPSA) is 41.6 Å². The summed E-state index contributed by atoms with van der Waals surface area (Å²) in [6.07, 6.45) is 5.77. The first-order valence-corrected chi connectivity index (χ1v) is 8.23. The number of rotatable bonds is 9. The van der Waals surface area contributed by atoms with E-state index < -0.39 is 5.54 Å². The molecule has 118 valence electrons. The zero-order valence-corrected chi connectivity index (χ0v) is 13.7. The van der Waals surface area contributed by atoms with Crippen LogP contribution in [-0.2, 0) is 9.53 Å². The van der Waals surface area contributed by atoms with Crippen molar-refractivity contribution in [1.29, 1.82) is 0 Å². The maximum absolute atomic E-state index is 12.1. The Kier molecular flexibility index (Phi) is 7.52. The number of ether oxygens (including phenoxy) is 1. The summed E-state index contributed by atoms with van der Waals surface area (Å²) in [7, 11) is 0. The molecule has 4 nitrogen and oxygen atoms in total. The lowest BCUT2D eigenvalue weighted by molar-refractivity contribution is -0.150. The number of nitrogens with one attached hydrogen (secondary N) is 1. The van der Waals surface area contributed by atoms with Crippen molar-refractivity contribution in [2.24, 2.45) is 0 Å². The van der Waals surface area contributed by atoms with Gasteiger partial charge in [0.1, 0.15) is 5.54 Å². The molecular formula is C16H32N2O2. The molecule has 1 aliphatic rings. The highest BCUT2D eigenvalue weighted by Crippen LogP contribution is 2.22. The fraction of sp³-hybridized carbons (Fsp3) is 0.938. The lowest BCUT2D eigenvalue weighted by Crippen LogP contribution is -2.50. The Balaban J connectivity index is 2.44. The second-order valence-corrected chi connectivity index (χ2v) is 5.93. The minimum Gasteiger partial charge on any atom is -0.465 e. The smallest absolute Gasteiger partial charge is 0.326 e. The first kappa shape index (κ1) is 17.4. The van der Waals surface area contributed by atoms with Crippen molar-refractivity contribution in [1.82, 2.24) is 10.2 Å². The van der Waals surface area contributed by atoms with E-state index in [1.54, 1.807) is 0 Å². The molecule has 0 aromatic heterocycles. The Bertz CT molecular complexity index is 296. The molecule has 0 radical (unpaired) electrons. The van der Waals surface area contributed by atoms with Gasteiger partial charge in [-0.1, -0.05) is 13.8 Å². The molecule has 2 atom stereocenters. The van der Waals surface area contributed by atoms with E-state index in [4.69, 9.17) is 4.74 Å². The third kappa shape index (κ3) is 4.74. The highest BCUT2D eigenvalue weighted by atomic mass is 16.5. The number of likely N-dealkylation sites (N-methyl/N-ethyl adjacent to an activating group) is 1. The average molecular weight is 284 g/mol. The van der Waals surface area contributed by atoms with Crippen LogP contribution < -0.4 is 5.32 Å². The fourth-order valence-electron chi connectivity index (χ4n) is 3.23. The van der Waals surface area contributed by atoms with Crippen LogP contribution in [0.15, 0.2) is 0 Å². The molecule has 4 heteroatoms. The van der Waals surface area contributed by atoms with Crippen LogP contribution >= 0.6 is 0 Å². The molecular weight excluding hydrogens is 252 g/mol. The van der Waals surface area contributed by atoms with Crippen molar-refractivity contribution in [2.75, 3.05) is 26.2 Å². The maximum atomic E-state index is 12.1. The van der Waals surface area contributed by atoms with Crippen LogP contribution in [0.25, 0.3) is 0 Å². The van der Waals surface area contributed by atoms with Crippen molar-refractivity contribution in [3.05, 3.63) is 0 Å². The van der Waals surface area contributed by atoms with E-state index in [0.29, 0.717) is 6.61 Å². The summed E-state index contributed by atoms with van der Waals surface area (Å²) in [5, 5.41) is 3.30. The third-order valence-corrected chi connectivity index (χ3v) is 4.39. The van der Waals surface area contributed by atoms with Gasteiger partial charge in [-0.15, -0.1) is 0 Å². The van der Waals surface area contributed by atoms with Crippen LogP contribution in [0.2, 0.25) is 0 Å². The van der Waals surface area contributed by atoms with Gasteiger partial charge < -0.3 is 15.0 Å². The molecule has 20 heavy (non-hydrogen) atoms. The summed E-state index contributed by atoms with van der Waals surface area (Å²) >= 11 is 0. The Morgan fingerprint density at radius 2 is 2.15 bits per heavy atom. The number of nitrogens with zero attached hydrogens (tertiary/aromatic N) is 1. The van der Waals surface area contributed by atoms with Crippen LogP contribution in [-0.4, -0.2) is 48.7 Å². The molecule has 0 aromatic rings. The van der Waals surface area contributed by atoms with Gasteiger partial charge in [0, 0.05) is 6.04 Å². The maximum Gasteiger partial charge on any atom is 0.326 e. The van der Waals surface area contributed by atoms with Crippen LogP contribution in [0.4, 0.5) is 0 Å². The summed E-state index contributed by atoms with van der Waals surface area (Å²) in [5.41, 5.74) is -0.536. The molecule has 2 unspecified atom stereocenters. The van der Waals surface area contributed by atoms with Gasteiger partial charge in [-0.3, -0.25) is 4.79 Å². The molecule has 0 aromatic carbocycles. The monoisotopic (exact) mass is 284 g/mol. The zero-order valence-electron chi connectivity index (χ0n) is 13.7. The SMILES string of the molecule is CCNC(C)(CCCN1CCCC1CC)C(=O)OCC. The van der Waals surface area contributed by atoms with Gasteiger partial charge in [-0.05, 0) is 65.6 Å². The Morgan fingerprint density at radius 3 is 2.75 bits per heavy atom. The normalized spacial score (nSPS) is 22.7. The van der Waals surface area contributed by atoms with E-state index in [9.17, 15) is 4.79 Å². The van der Waals surface area contributed by atoms with Gasteiger partial charge in [-0.25, -0.2) is 0 Å². The Labute approximate surface area is 124 Å². The van der Waals surface area contributed by atoms with E-state index in [-0.39, 0.29) is 5.97 Å². The predicted molar refractivity (Wildman–Crippen MR) is 82.8 cm³/mol. The minimum atomic E-state index is -0.536. The van der Waals surface area contributed by atoms with Crippen LogP contribution in [0.1, 0.15) is 59.8 Å². The zero-order chi connectivity index (χ0) is 15.0. The first-order chi connectivity index (χ1) is 9.57. The Hall–Kier alpha value is -0.610. The second-order valence-electron chi connectivity index (χ2n) is 5.93. The Morgan fingerprint density at radius 1 is 1.40 bits per heavy atom. The number of hydrogen-bond acceptors (Lipinski definition) is 4. The molecule has 0 saturated carbocycles. The lowest BCUT2D eigenvalue weighted by Gasteiger charge is -2.30. The van der Waals surface area contributed by atoms with E-state index >= 15 is 0 Å². The van der Waals surface area contributed by atoms with Crippen molar-refractivity contribution >= 4 is 5.97 Å². The molecule has 0 bridgehead atoms. The molecule has 1 N–H and O–H groups in total. The first-order valence-electron chi connectivity index (χ1n) is 8.23. The molecule has 1 rings (SSSR count). The summed E-state index contributed by atoms with van der Waals surface area (Å²) < 4.78 is 5.21. The minimum absolute atomic E-state index is 0.115. The summed E-state index contributed by atoms with van der Waals surface area (Å²) in [6, 6.07) is 0.753. The van der Waals surface area contributed by atoms with Crippen molar-refractivity contribution < 1.29 is 9.53 Å². The summed E-state index contributed by atoms with van der Waals surface area (Å²) in [6.45, 7) is 11.7. The quantitative estimate of drug-likeness (QED) is 0.661. The molecule has 1 aliphatic heterocycles. The molecule has 1 saturated heterocycles. The van der Waals surface area contributed by atoms with Gasteiger partial charge in [-0.2, -0.15) is 0 Å². The molecule has 0 aliphatic carbocycles. The van der Waals surface area contributed by atoms with Crippen molar-refractivity contribution in [2.45, 2.75) is 71.4 Å². The molecule has 1 heterocycles. The van der Waals surface area contributed by atoms with Crippen LogP contribution in [0.5, 0.6) is 0 Å². The number of carbonyl (C=O) groups excluding carboxylic acids is 1. The number of likely N-dealkylation sites (tertiary alicyclic amines) is 1. The number of hydrogen-bond donors (Lipinski definition) is 1. The largest absolute Gasteiger partial charge is 0.465 e. The van der Waals surface area contributed by atoms with E-state index in [2.05, 4.69) is 17.1 Å². The van der Waals surface area contributed by atoms with Crippen molar-refractivity contribution in [3.63, 3.8) is 0 Å². The van der Waals surface area contributed by atoms with Gasteiger partial charge in [0.15, 0.2) is 0 Å². The van der Waals surface area contributed by atoms with Crippen LogP contribution in [0, 0.1) is 0 Å². The van der Waals surface area contributed by atoms with Crippen molar-refractivity contribution in [3.8, 4) is 0 Å². The van der Waals surface area contributed by atoms with Crippen LogP contribution in [0.3, 0.4) is 0 Å². The summed E-state index contributed by atoms with van der Waals surface area (Å²) in [5.74, 6) is -0.115. The van der Waals surface area contributed by atoms with Gasteiger partial charge >= 0.3 is 5.97 Å². The molecule has 0 amide bonds. The van der Waals surface area contributed by atoms with E-state index in [1.165, 1.54) is 25.8 Å². The predicted octanol–water partition coefficient (Wildman–Crippen LogP) is 2.57. The van der Waals surface area contributed by atoms with Gasteiger partial charge in [0.25, 0.3) is 0 Å². The molecule has 0 spiro atoms. The highest BCUT2D eigenvalue weighted by Gasteiger charge is 2.33. The second kappa shape index (κ2) is 8.63. The van der Waals surface area contributed by atoms with Gasteiger partial charge in [0.2, 0.25) is 0 Å². The standard InChI is InChI=1S/C16H32N2O2/c1-5-14-10-8-12-18(14)13-9-11-16(4,17-6-2)15(19)20-7-3/h14,17H,5-13H2,1-4H3. The fourth-order valence-corrected chi connectivity index (χ4v) is 3.23. The van der Waals surface area contributed by atoms with E-state index in [1.807, 2.05) is 20.8 Å².